The van der Waals surface area contributed by atoms with Gasteiger partial charge in [-0.1, -0.05) is 6.07 Å². The van der Waals surface area contributed by atoms with Crippen LogP contribution in [0.5, 0.6) is 11.5 Å². The van der Waals surface area contributed by atoms with Crippen LogP contribution in [-0.4, -0.2) is 35.9 Å². The Bertz CT molecular complexity index is 696. The van der Waals surface area contributed by atoms with E-state index in [0.29, 0.717) is 13.2 Å². The topological polar surface area (TPSA) is 65.4 Å². The number of amides is 1. The molecular weight excluding hydrogens is 294 g/mol. The molecule has 0 fully saturated rings. The molecule has 23 heavy (non-hydrogen) atoms. The lowest BCUT2D eigenvalue weighted by Crippen LogP contribution is -2.36. The van der Waals surface area contributed by atoms with Crippen molar-refractivity contribution < 1.29 is 14.3 Å². The molecule has 0 spiro atoms. The van der Waals surface area contributed by atoms with Gasteiger partial charge in [0.1, 0.15) is 18.0 Å². The van der Waals surface area contributed by atoms with Crippen molar-refractivity contribution in [3.63, 3.8) is 0 Å². The van der Waals surface area contributed by atoms with Gasteiger partial charge >= 0.3 is 0 Å². The highest BCUT2D eigenvalue weighted by atomic mass is 16.5. The summed E-state index contributed by atoms with van der Waals surface area (Å²) in [5, 5.41) is 7.08. The smallest absolute Gasteiger partial charge is 0.241 e. The van der Waals surface area contributed by atoms with Crippen molar-refractivity contribution in [3.8, 4) is 11.5 Å². The van der Waals surface area contributed by atoms with Crippen LogP contribution in [0, 0.1) is 12.8 Å². The Labute approximate surface area is 135 Å². The Morgan fingerprint density at radius 2 is 2.35 bits per heavy atom. The van der Waals surface area contributed by atoms with E-state index >= 15 is 0 Å². The van der Waals surface area contributed by atoms with Crippen molar-refractivity contribution in [1.82, 2.24) is 15.1 Å². The molecule has 1 aliphatic heterocycles. The number of benzene rings is 1. The number of nitrogens with zero attached hydrogens (tertiary/aromatic N) is 2. The highest BCUT2D eigenvalue weighted by Crippen LogP contribution is 2.30. The minimum absolute atomic E-state index is 0.0303. The molecule has 1 amide bonds. The second-order valence-corrected chi connectivity index (χ2v) is 5.79. The molecule has 0 saturated heterocycles. The first kappa shape index (κ1) is 15.4. The summed E-state index contributed by atoms with van der Waals surface area (Å²) in [6, 6.07) is 7.75. The highest BCUT2D eigenvalue weighted by Gasteiger charge is 2.21. The molecule has 6 nitrogen and oxygen atoms in total. The highest BCUT2D eigenvalue weighted by molar-refractivity contribution is 5.75. The molecular formula is C17H21N3O3. The first-order chi connectivity index (χ1) is 11.2. The van der Waals surface area contributed by atoms with E-state index in [1.807, 2.05) is 31.2 Å². The molecule has 1 aromatic carbocycles. The SMILES string of the molecule is COc1ccc2c(c1)OC[C@H](CNC(=O)Cn1nccc1C)C2. The zero-order valence-corrected chi connectivity index (χ0v) is 13.4. The largest absolute Gasteiger partial charge is 0.497 e. The summed E-state index contributed by atoms with van der Waals surface area (Å²) >= 11 is 0. The summed E-state index contributed by atoms with van der Waals surface area (Å²) in [5.74, 6) is 1.92. The van der Waals surface area contributed by atoms with Gasteiger partial charge in [-0.2, -0.15) is 5.10 Å². The van der Waals surface area contributed by atoms with Gasteiger partial charge in [-0.05, 0) is 31.0 Å². The summed E-state index contributed by atoms with van der Waals surface area (Å²) in [6.07, 6.45) is 2.59. The molecule has 3 rings (SSSR count). The van der Waals surface area contributed by atoms with Gasteiger partial charge in [0, 0.05) is 30.4 Å². The van der Waals surface area contributed by atoms with E-state index in [-0.39, 0.29) is 18.4 Å². The minimum Gasteiger partial charge on any atom is -0.497 e. The summed E-state index contributed by atoms with van der Waals surface area (Å²) in [5.41, 5.74) is 2.13. The Morgan fingerprint density at radius 1 is 1.48 bits per heavy atom. The maximum atomic E-state index is 12.0. The molecule has 1 aromatic heterocycles. The van der Waals surface area contributed by atoms with E-state index in [4.69, 9.17) is 9.47 Å². The Kier molecular flexibility index (Phi) is 4.50. The quantitative estimate of drug-likeness (QED) is 0.909. The van der Waals surface area contributed by atoms with Gasteiger partial charge in [0.2, 0.25) is 5.91 Å². The Hall–Kier alpha value is -2.50. The molecule has 2 heterocycles. The molecule has 0 aliphatic carbocycles. The second-order valence-electron chi connectivity index (χ2n) is 5.79. The lowest BCUT2D eigenvalue weighted by molar-refractivity contribution is -0.122. The van der Waals surface area contributed by atoms with Crippen LogP contribution in [0.4, 0.5) is 0 Å². The molecule has 0 saturated carbocycles. The maximum Gasteiger partial charge on any atom is 0.241 e. The average molecular weight is 315 g/mol. The maximum absolute atomic E-state index is 12.0. The lowest BCUT2D eigenvalue weighted by atomic mass is 9.96. The number of aromatic nitrogens is 2. The number of carbonyl (C=O) groups is 1. The Balaban J connectivity index is 1.51. The fraction of sp³-hybridized carbons (Fsp3) is 0.412. The fourth-order valence-corrected chi connectivity index (χ4v) is 2.69. The summed E-state index contributed by atoms with van der Waals surface area (Å²) < 4.78 is 12.7. The van der Waals surface area contributed by atoms with Crippen molar-refractivity contribution >= 4 is 5.91 Å². The third-order valence-electron chi connectivity index (χ3n) is 4.07. The average Bonchev–Trinajstić information content (AvgIpc) is 2.97. The third-order valence-corrected chi connectivity index (χ3v) is 4.07. The van der Waals surface area contributed by atoms with E-state index in [9.17, 15) is 4.79 Å². The van der Waals surface area contributed by atoms with Crippen molar-refractivity contribution in [3.05, 3.63) is 41.7 Å². The number of rotatable bonds is 5. The first-order valence-corrected chi connectivity index (χ1v) is 7.70. The number of fused-ring (bicyclic) bond motifs is 1. The van der Waals surface area contributed by atoms with Gasteiger partial charge in [-0.3, -0.25) is 9.48 Å². The summed E-state index contributed by atoms with van der Waals surface area (Å²) in [7, 11) is 1.64. The van der Waals surface area contributed by atoms with Crippen LogP contribution < -0.4 is 14.8 Å². The predicted octanol–water partition coefficient (Wildman–Crippen LogP) is 1.57. The van der Waals surface area contributed by atoms with Gasteiger partial charge in [0.25, 0.3) is 0 Å². The van der Waals surface area contributed by atoms with Crippen molar-refractivity contribution in [2.75, 3.05) is 20.3 Å². The summed E-state index contributed by atoms with van der Waals surface area (Å²) in [4.78, 5) is 12.0. The van der Waals surface area contributed by atoms with E-state index in [0.717, 1.165) is 29.2 Å². The van der Waals surface area contributed by atoms with Gasteiger partial charge in [0.05, 0.1) is 13.7 Å². The van der Waals surface area contributed by atoms with Crippen LogP contribution in [0.25, 0.3) is 0 Å². The number of nitrogens with one attached hydrogen (secondary N) is 1. The zero-order chi connectivity index (χ0) is 16.2. The van der Waals surface area contributed by atoms with E-state index in [1.54, 1.807) is 18.0 Å². The number of ether oxygens (including phenoxy) is 2. The predicted molar refractivity (Wildman–Crippen MR) is 85.7 cm³/mol. The third kappa shape index (κ3) is 3.64. The van der Waals surface area contributed by atoms with Crippen molar-refractivity contribution in [2.24, 2.45) is 5.92 Å². The molecule has 0 bridgehead atoms. The molecule has 1 atom stereocenters. The van der Waals surface area contributed by atoms with Gasteiger partial charge in [0.15, 0.2) is 0 Å². The van der Waals surface area contributed by atoms with Crippen LogP contribution in [0.3, 0.4) is 0 Å². The monoisotopic (exact) mass is 315 g/mol. The van der Waals surface area contributed by atoms with Crippen molar-refractivity contribution in [1.29, 1.82) is 0 Å². The second kappa shape index (κ2) is 6.73. The molecule has 1 N–H and O–H groups in total. The fourth-order valence-electron chi connectivity index (χ4n) is 2.69. The zero-order valence-electron chi connectivity index (χ0n) is 13.4. The minimum atomic E-state index is -0.0303. The van der Waals surface area contributed by atoms with Gasteiger partial charge in [-0.25, -0.2) is 0 Å². The molecule has 0 unspecified atom stereocenters. The van der Waals surface area contributed by atoms with Gasteiger partial charge < -0.3 is 14.8 Å². The lowest BCUT2D eigenvalue weighted by Gasteiger charge is -2.25. The Morgan fingerprint density at radius 3 is 3.09 bits per heavy atom. The first-order valence-electron chi connectivity index (χ1n) is 7.70. The molecule has 122 valence electrons. The van der Waals surface area contributed by atoms with Crippen LogP contribution >= 0.6 is 0 Å². The normalized spacial score (nSPS) is 16.3. The van der Waals surface area contributed by atoms with E-state index in [1.165, 1.54) is 0 Å². The molecule has 6 heteroatoms. The number of aryl methyl sites for hydroxylation is 1. The number of carbonyl (C=O) groups excluding carboxylic acids is 1. The van der Waals surface area contributed by atoms with Gasteiger partial charge in [-0.15, -0.1) is 0 Å². The number of hydrogen-bond acceptors (Lipinski definition) is 4. The van der Waals surface area contributed by atoms with Crippen LogP contribution in [0.2, 0.25) is 0 Å². The van der Waals surface area contributed by atoms with Crippen LogP contribution in [0.1, 0.15) is 11.3 Å². The standard InChI is InChI=1S/C17H21N3O3/c1-12-5-6-19-20(12)10-17(21)18-9-13-7-14-3-4-15(22-2)8-16(14)23-11-13/h3-6,8,13H,7,9-11H2,1-2H3,(H,18,21)/t13-/m0/s1. The van der Waals surface area contributed by atoms with Crippen LogP contribution in [0.15, 0.2) is 30.5 Å². The number of hydrogen-bond donors (Lipinski definition) is 1. The number of methoxy groups -OCH3 is 1. The molecule has 0 radical (unpaired) electrons. The van der Waals surface area contributed by atoms with E-state index in [2.05, 4.69) is 10.4 Å². The summed E-state index contributed by atoms with van der Waals surface area (Å²) in [6.45, 7) is 3.38. The van der Waals surface area contributed by atoms with Crippen LogP contribution in [-0.2, 0) is 17.8 Å². The van der Waals surface area contributed by atoms with Crippen molar-refractivity contribution in [2.45, 2.75) is 19.9 Å². The van der Waals surface area contributed by atoms with E-state index < -0.39 is 0 Å². The molecule has 2 aromatic rings. The molecule has 1 aliphatic rings.